The number of carbonyl (C=O) groups excluding carboxylic acids is 2. The Bertz CT molecular complexity index is 569. The number of halogens is 1. The molecular weight excluding hydrogens is 290 g/mol. The lowest BCUT2D eigenvalue weighted by atomic mass is 10.0. The molecule has 1 N–H and O–H groups in total. The minimum absolute atomic E-state index is 0.0255. The van der Waals surface area contributed by atoms with Gasteiger partial charge in [0.25, 0.3) is 5.91 Å². The molecule has 1 aliphatic rings. The van der Waals surface area contributed by atoms with E-state index in [-0.39, 0.29) is 24.2 Å². The third-order valence-electron chi connectivity index (χ3n) is 3.48. The summed E-state index contributed by atoms with van der Waals surface area (Å²) in [6.45, 7) is 6.52. The predicted molar refractivity (Wildman–Crippen MR) is 82.2 cm³/mol. The molecule has 0 aromatic heterocycles. The molecule has 5 heteroatoms. The number of amides is 1. The zero-order valence-corrected chi connectivity index (χ0v) is 13.3. The van der Waals surface area contributed by atoms with Gasteiger partial charge in [-0.3, -0.25) is 9.59 Å². The van der Waals surface area contributed by atoms with Crippen LogP contribution in [0.4, 0.5) is 0 Å². The summed E-state index contributed by atoms with van der Waals surface area (Å²) in [5.74, 6) is 0.765. The Kier molecular flexibility index (Phi) is 4.88. The molecular formula is C16H20ClNO3. The van der Waals surface area contributed by atoms with Crippen LogP contribution in [0.25, 0.3) is 0 Å². The van der Waals surface area contributed by atoms with Gasteiger partial charge in [-0.2, -0.15) is 0 Å². The van der Waals surface area contributed by atoms with Crippen molar-refractivity contribution in [2.24, 2.45) is 5.92 Å². The van der Waals surface area contributed by atoms with E-state index in [1.54, 1.807) is 12.1 Å². The summed E-state index contributed by atoms with van der Waals surface area (Å²) >= 11 is 6.16. The number of ketones is 1. The molecule has 1 amide bonds. The number of hydrogen-bond donors (Lipinski definition) is 1. The van der Waals surface area contributed by atoms with Gasteiger partial charge in [-0.15, -0.1) is 0 Å². The summed E-state index contributed by atoms with van der Waals surface area (Å²) in [5, 5.41) is 3.36. The third-order valence-corrected chi connectivity index (χ3v) is 3.81. The monoisotopic (exact) mass is 309 g/mol. The molecule has 1 aliphatic carbocycles. The molecule has 0 fully saturated rings. The van der Waals surface area contributed by atoms with Crippen molar-refractivity contribution in [3.05, 3.63) is 28.3 Å². The molecule has 0 heterocycles. The van der Waals surface area contributed by atoms with E-state index in [1.165, 1.54) is 0 Å². The second-order valence-electron chi connectivity index (χ2n) is 5.85. The molecule has 0 spiro atoms. The van der Waals surface area contributed by atoms with Crippen LogP contribution in [0.2, 0.25) is 5.02 Å². The lowest BCUT2D eigenvalue weighted by Gasteiger charge is -2.13. The Labute approximate surface area is 129 Å². The van der Waals surface area contributed by atoms with Crippen LogP contribution in [0, 0.1) is 5.92 Å². The summed E-state index contributed by atoms with van der Waals surface area (Å²) in [5.41, 5.74) is 1.37. The molecule has 0 bridgehead atoms. The molecule has 1 aromatic carbocycles. The number of carbonyl (C=O) groups is 2. The van der Waals surface area contributed by atoms with Crippen LogP contribution in [0.1, 0.15) is 49.0 Å². The molecule has 4 nitrogen and oxygen atoms in total. The Hall–Kier alpha value is -1.55. The first-order valence-corrected chi connectivity index (χ1v) is 7.53. The fourth-order valence-electron chi connectivity index (χ4n) is 2.46. The fourth-order valence-corrected chi connectivity index (χ4v) is 2.80. The zero-order valence-electron chi connectivity index (χ0n) is 12.5. The summed E-state index contributed by atoms with van der Waals surface area (Å²) in [6, 6.07) is 3.38. The van der Waals surface area contributed by atoms with Gasteiger partial charge in [0.15, 0.2) is 12.4 Å². The zero-order chi connectivity index (χ0) is 15.6. The highest BCUT2D eigenvalue weighted by Gasteiger charge is 2.31. The maximum atomic E-state index is 12.1. The van der Waals surface area contributed by atoms with Crippen LogP contribution in [0.15, 0.2) is 12.1 Å². The topological polar surface area (TPSA) is 55.4 Å². The molecule has 21 heavy (non-hydrogen) atoms. The number of benzene rings is 1. The van der Waals surface area contributed by atoms with Gasteiger partial charge >= 0.3 is 0 Å². The molecule has 1 unspecified atom stereocenters. The quantitative estimate of drug-likeness (QED) is 0.909. The van der Waals surface area contributed by atoms with Crippen LogP contribution < -0.4 is 10.1 Å². The second-order valence-corrected chi connectivity index (χ2v) is 6.26. The second kappa shape index (κ2) is 6.48. The van der Waals surface area contributed by atoms with Crippen molar-refractivity contribution in [2.75, 3.05) is 13.2 Å². The molecule has 0 saturated carbocycles. The summed E-state index contributed by atoms with van der Waals surface area (Å²) < 4.78 is 5.53. The first kappa shape index (κ1) is 15.8. The minimum Gasteiger partial charge on any atom is -0.483 e. The molecule has 1 atom stereocenters. The van der Waals surface area contributed by atoms with Crippen molar-refractivity contribution in [1.82, 2.24) is 5.32 Å². The predicted octanol–water partition coefficient (Wildman–Crippen LogP) is 3.18. The highest BCUT2D eigenvalue weighted by atomic mass is 35.5. The van der Waals surface area contributed by atoms with Crippen molar-refractivity contribution in [3.8, 4) is 5.75 Å². The van der Waals surface area contributed by atoms with E-state index in [9.17, 15) is 9.59 Å². The Morgan fingerprint density at radius 3 is 2.86 bits per heavy atom. The first-order valence-electron chi connectivity index (χ1n) is 7.15. The van der Waals surface area contributed by atoms with Crippen molar-refractivity contribution in [2.45, 2.75) is 33.1 Å². The molecule has 0 radical (unpaired) electrons. The van der Waals surface area contributed by atoms with Gasteiger partial charge in [0.2, 0.25) is 0 Å². The van der Waals surface area contributed by atoms with Crippen molar-refractivity contribution in [3.63, 3.8) is 0 Å². The van der Waals surface area contributed by atoms with E-state index in [1.807, 2.05) is 20.8 Å². The van der Waals surface area contributed by atoms with Gasteiger partial charge in [0.05, 0.1) is 5.56 Å². The first-order chi connectivity index (χ1) is 9.90. The van der Waals surface area contributed by atoms with Crippen molar-refractivity contribution >= 4 is 23.3 Å². The smallest absolute Gasteiger partial charge is 0.257 e. The maximum Gasteiger partial charge on any atom is 0.257 e. The van der Waals surface area contributed by atoms with E-state index < -0.39 is 0 Å². The number of Topliss-reactive ketones (excluding diaryl/α,β-unsaturated/α-hetero) is 1. The molecule has 114 valence electrons. The Morgan fingerprint density at radius 2 is 2.19 bits per heavy atom. The third kappa shape index (κ3) is 3.56. The highest BCUT2D eigenvalue weighted by molar-refractivity contribution is 6.32. The summed E-state index contributed by atoms with van der Waals surface area (Å²) in [6.07, 6.45) is 0.439. The van der Waals surface area contributed by atoms with E-state index in [0.717, 1.165) is 5.56 Å². The van der Waals surface area contributed by atoms with Gasteiger partial charge < -0.3 is 10.1 Å². The minimum atomic E-state index is -0.189. The van der Waals surface area contributed by atoms with Gasteiger partial charge in [0, 0.05) is 18.0 Å². The molecule has 1 aromatic rings. The molecule has 2 rings (SSSR count). The number of hydrogen-bond acceptors (Lipinski definition) is 3. The maximum absolute atomic E-state index is 12.1. The van der Waals surface area contributed by atoms with E-state index >= 15 is 0 Å². The molecule has 0 aliphatic heterocycles. The summed E-state index contributed by atoms with van der Waals surface area (Å²) in [4.78, 5) is 23.8. The van der Waals surface area contributed by atoms with Crippen molar-refractivity contribution < 1.29 is 14.3 Å². The SMILES string of the molecule is CC(C)CNC(=O)COc1ccc(Cl)c2c1C(=O)CC2C. The number of ether oxygens (including phenoxy) is 1. The summed E-state index contributed by atoms with van der Waals surface area (Å²) in [7, 11) is 0. The largest absolute Gasteiger partial charge is 0.483 e. The van der Waals surface area contributed by atoms with E-state index in [2.05, 4.69) is 5.32 Å². The highest BCUT2D eigenvalue weighted by Crippen LogP contribution is 2.42. The van der Waals surface area contributed by atoms with Gasteiger partial charge in [-0.25, -0.2) is 0 Å². The Morgan fingerprint density at radius 1 is 1.48 bits per heavy atom. The van der Waals surface area contributed by atoms with Crippen LogP contribution in [-0.2, 0) is 4.79 Å². The number of fused-ring (bicyclic) bond motifs is 1. The fraction of sp³-hybridized carbons (Fsp3) is 0.500. The standard InChI is InChI=1S/C16H20ClNO3/c1-9(2)7-18-14(20)8-21-13-5-4-11(17)15-10(3)6-12(19)16(13)15/h4-5,9-10H,6-8H2,1-3H3,(H,18,20). The average Bonchev–Trinajstić information content (AvgIpc) is 2.72. The lowest BCUT2D eigenvalue weighted by Crippen LogP contribution is -2.31. The Balaban J connectivity index is 2.09. The number of nitrogens with one attached hydrogen (secondary N) is 1. The van der Waals surface area contributed by atoms with Crippen LogP contribution in [0.5, 0.6) is 5.75 Å². The van der Waals surface area contributed by atoms with Gasteiger partial charge in [-0.05, 0) is 29.5 Å². The van der Waals surface area contributed by atoms with Gasteiger partial charge in [0.1, 0.15) is 5.75 Å². The number of rotatable bonds is 5. The average molecular weight is 310 g/mol. The lowest BCUT2D eigenvalue weighted by molar-refractivity contribution is -0.123. The van der Waals surface area contributed by atoms with Crippen LogP contribution >= 0.6 is 11.6 Å². The van der Waals surface area contributed by atoms with Crippen molar-refractivity contribution in [1.29, 1.82) is 0 Å². The van der Waals surface area contributed by atoms with E-state index in [0.29, 0.717) is 35.2 Å². The van der Waals surface area contributed by atoms with Gasteiger partial charge in [-0.1, -0.05) is 32.4 Å². The van der Waals surface area contributed by atoms with Crippen LogP contribution in [-0.4, -0.2) is 24.8 Å². The van der Waals surface area contributed by atoms with E-state index in [4.69, 9.17) is 16.3 Å². The normalized spacial score (nSPS) is 17.0. The molecule has 0 saturated heterocycles. The van der Waals surface area contributed by atoms with Crippen LogP contribution in [0.3, 0.4) is 0 Å².